The zero-order valence-corrected chi connectivity index (χ0v) is 9.08. The Morgan fingerprint density at radius 1 is 1.29 bits per heavy atom. The van der Waals surface area contributed by atoms with Gasteiger partial charge in [0.25, 0.3) is 0 Å². The number of amides is 1. The number of para-hydroxylation sites is 1. The van der Waals surface area contributed by atoms with Gasteiger partial charge in [0.05, 0.1) is 0 Å². The summed E-state index contributed by atoms with van der Waals surface area (Å²) < 4.78 is 5.14. The third-order valence-corrected chi connectivity index (χ3v) is 2.24. The van der Waals surface area contributed by atoms with Gasteiger partial charge in [-0.15, -0.1) is 0 Å². The Morgan fingerprint density at radius 3 is 2.76 bits per heavy atom. The monoisotopic (exact) mass is 229 g/mol. The van der Waals surface area contributed by atoms with E-state index in [9.17, 15) is 9.59 Å². The lowest BCUT2D eigenvalue weighted by Crippen LogP contribution is -2.30. The summed E-state index contributed by atoms with van der Waals surface area (Å²) in [6, 6.07) is 8.80. The molecular weight excluding hydrogens is 218 g/mol. The number of ether oxygens (including phenoxy) is 1. The van der Waals surface area contributed by atoms with E-state index in [1.165, 1.54) is 11.1 Å². The van der Waals surface area contributed by atoms with Gasteiger partial charge < -0.3 is 4.74 Å². The second kappa shape index (κ2) is 5.12. The molecule has 0 saturated heterocycles. The number of hydrogen-bond acceptors (Lipinski definition) is 3. The Kier molecular flexibility index (Phi) is 3.35. The number of rotatable bonds is 2. The summed E-state index contributed by atoms with van der Waals surface area (Å²) in [7, 11) is 0. The molecular formula is C13H11NO3. The molecule has 1 amide bonds. The van der Waals surface area contributed by atoms with Gasteiger partial charge in [-0.3, -0.25) is 9.69 Å². The van der Waals surface area contributed by atoms with Crippen LogP contribution in [-0.4, -0.2) is 23.8 Å². The van der Waals surface area contributed by atoms with Crippen molar-refractivity contribution in [2.24, 2.45) is 0 Å². The number of allylic oxidation sites excluding steroid dienone is 2. The third-order valence-electron chi connectivity index (χ3n) is 2.24. The molecule has 1 aliphatic heterocycles. The van der Waals surface area contributed by atoms with Crippen LogP contribution in [0.3, 0.4) is 0 Å². The quantitative estimate of drug-likeness (QED) is 0.730. The molecule has 0 spiro atoms. The number of nitrogens with zero attached hydrogens (tertiary/aromatic N) is 1. The van der Waals surface area contributed by atoms with Crippen LogP contribution in [-0.2, 0) is 4.79 Å². The molecule has 0 unspecified atom stereocenters. The molecule has 1 aromatic carbocycles. The lowest BCUT2D eigenvalue weighted by atomic mass is 10.2. The highest BCUT2D eigenvalue weighted by Crippen LogP contribution is 2.12. The molecule has 1 aliphatic rings. The Balaban J connectivity index is 2.04. The molecule has 1 aromatic rings. The Bertz CT molecular complexity index is 477. The largest absolute Gasteiger partial charge is 0.419 e. The van der Waals surface area contributed by atoms with Crippen molar-refractivity contribution in [2.45, 2.75) is 0 Å². The fourth-order valence-corrected chi connectivity index (χ4v) is 1.42. The predicted octanol–water partition coefficient (Wildman–Crippen LogP) is 2.14. The van der Waals surface area contributed by atoms with E-state index in [4.69, 9.17) is 4.74 Å². The highest BCUT2D eigenvalue weighted by molar-refractivity contribution is 5.80. The van der Waals surface area contributed by atoms with E-state index < -0.39 is 6.09 Å². The van der Waals surface area contributed by atoms with Gasteiger partial charge >= 0.3 is 6.09 Å². The zero-order valence-electron chi connectivity index (χ0n) is 9.08. The molecule has 4 heteroatoms. The number of aldehydes is 1. The van der Waals surface area contributed by atoms with Crippen LogP contribution in [0, 0.1) is 0 Å². The minimum Gasteiger partial charge on any atom is -0.410 e. The normalized spacial score (nSPS) is 14.1. The molecule has 0 aromatic heterocycles. The van der Waals surface area contributed by atoms with Crippen LogP contribution in [0.1, 0.15) is 0 Å². The summed E-state index contributed by atoms with van der Waals surface area (Å²) in [5.74, 6) is 0.480. The molecule has 0 bridgehead atoms. The van der Waals surface area contributed by atoms with E-state index in [0.717, 1.165) is 0 Å². The first-order valence-electron chi connectivity index (χ1n) is 5.16. The lowest BCUT2D eigenvalue weighted by molar-refractivity contribution is -0.104. The van der Waals surface area contributed by atoms with Gasteiger partial charge in [0.2, 0.25) is 0 Å². The number of hydrogen-bond donors (Lipinski definition) is 0. The van der Waals surface area contributed by atoms with Crippen LogP contribution in [0.15, 0.2) is 54.3 Å². The average molecular weight is 229 g/mol. The van der Waals surface area contributed by atoms with E-state index >= 15 is 0 Å². The molecule has 0 atom stereocenters. The fourth-order valence-electron chi connectivity index (χ4n) is 1.42. The van der Waals surface area contributed by atoms with Crippen LogP contribution in [0.5, 0.6) is 5.75 Å². The first-order valence-corrected chi connectivity index (χ1v) is 5.16. The van der Waals surface area contributed by atoms with E-state index in [0.29, 0.717) is 24.2 Å². The van der Waals surface area contributed by atoms with E-state index in [1.807, 2.05) is 6.07 Å². The van der Waals surface area contributed by atoms with Gasteiger partial charge in [-0.25, -0.2) is 4.79 Å². The van der Waals surface area contributed by atoms with Gasteiger partial charge in [-0.1, -0.05) is 30.4 Å². The van der Waals surface area contributed by atoms with Crippen molar-refractivity contribution in [3.05, 3.63) is 54.3 Å². The Labute approximate surface area is 98.8 Å². The van der Waals surface area contributed by atoms with Crippen LogP contribution in [0.25, 0.3) is 0 Å². The number of carbonyl (C=O) groups excluding carboxylic acids is 2. The molecule has 86 valence electrons. The zero-order chi connectivity index (χ0) is 12.1. The summed E-state index contributed by atoms with van der Waals surface area (Å²) >= 11 is 0. The molecule has 0 radical (unpaired) electrons. The molecule has 2 rings (SSSR count). The van der Waals surface area contributed by atoms with Crippen molar-refractivity contribution in [3.8, 4) is 5.75 Å². The summed E-state index contributed by atoms with van der Waals surface area (Å²) in [6.45, 7) is 0.406. The maximum absolute atomic E-state index is 11.7. The van der Waals surface area contributed by atoms with Crippen LogP contribution in [0.2, 0.25) is 0 Å². The highest BCUT2D eigenvalue weighted by Gasteiger charge is 2.15. The van der Waals surface area contributed by atoms with Gasteiger partial charge in [0.15, 0.2) is 6.29 Å². The number of benzene rings is 1. The smallest absolute Gasteiger partial charge is 0.410 e. The van der Waals surface area contributed by atoms with Crippen molar-refractivity contribution in [3.63, 3.8) is 0 Å². The third kappa shape index (κ3) is 2.81. The summed E-state index contributed by atoms with van der Waals surface area (Å²) in [5, 5.41) is 0. The maximum Gasteiger partial charge on any atom is 0.419 e. The van der Waals surface area contributed by atoms with Crippen LogP contribution in [0.4, 0.5) is 4.79 Å². The van der Waals surface area contributed by atoms with E-state index in [2.05, 4.69) is 0 Å². The second-order valence-electron chi connectivity index (χ2n) is 3.48. The van der Waals surface area contributed by atoms with Crippen molar-refractivity contribution in [1.82, 2.24) is 4.90 Å². The molecule has 0 saturated carbocycles. The van der Waals surface area contributed by atoms with Crippen molar-refractivity contribution < 1.29 is 14.3 Å². The second-order valence-corrected chi connectivity index (χ2v) is 3.48. The molecule has 0 aliphatic carbocycles. The maximum atomic E-state index is 11.7. The van der Waals surface area contributed by atoms with Crippen LogP contribution < -0.4 is 4.74 Å². The van der Waals surface area contributed by atoms with Gasteiger partial charge in [-0.05, 0) is 12.1 Å². The van der Waals surface area contributed by atoms with Gasteiger partial charge in [0.1, 0.15) is 5.75 Å². The van der Waals surface area contributed by atoms with Crippen molar-refractivity contribution >= 4 is 12.4 Å². The summed E-state index contributed by atoms with van der Waals surface area (Å²) in [5.41, 5.74) is 0.446. The lowest BCUT2D eigenvalue weighted by Gasteiger charge is -2.19. The van der Waals surface area contributed by atoms with Crippen molar-refractivity contribution in [2.75, 3.05) is 6.54 Å². The molecule has 17 heavy (non-hydrogen) atoms. The first-order chi connectivity index (χ1) is 8.29. The van der Waals surface area contributed by atoms with E-state index in [1.54, 1.807) is 36.4 Å². The van der Waals surface area contributed by atoms with Gasteiger partial charge in [0, 0.05) is 18.3 Å². The minimum atomic E-state index is -0.500. The minimum absolute atomic E-state index is 0.406. The average Bonchev–Trinajstić information content (AvgIpc) is 2.40. The van der Waals surface area contributed by atoms with E-state index in [-0.39, 0.29) is 0 Å². The molecule has 0 N–H and O–H groups in total. The first kappa shape index (κ1) is 11.1. The Hall–Kier alpha value is -2.36. The SMILES string of the molecule is O=CC1=CN(C(=O)Oc2ccccc2)CC=C1. The summed E-state index contributed by atoms with van der Waals surface area (Å²) in [4.78, 5) is 23.7. The Morgan fingerprint density at radius 2 is 2.06 bits per heavy atom. The van der Waals surface area contributed by atoms with Crippen LogP contribution >= 0.6 is 0 Å². The predicted molar refractivity (Wildman–Crippen MR) is 62.5 cm³/mol. The van der Waals surface area contributed by atoms with Crippen molar-refractivity contribution in [1.29, 1.82) is 0 Å². The standard InChI is InChI=1S/C13H11NO3/c15-10-11-5-4-8-14(9-11)13(16)17-12-6-2-1-3-7-12/h1-7,9-10H,8H2. The molecule has 0 fully saturated rings. The van der Waals surface area contributed by atoms with Gasteiger partial charge in [-0.2, -0.15) is 0 Å². The molecule has 4 nitrogen and oxygen atoms in total. The molecule has 1 heterocycles. The topological polar surface area (TPSA) is 46.6 Å². The number of carbonyl (C=O) groups is 2. The summed E-state index contributed by atoms with van der Waals surface area (Å²) in [6.07, 6.45) is 5.06. The fraction of sp³-hybridized carbons (Fsp3) is 0.0769. The highest BCUT2D eigenvalue weighted by atomic mass is 16.6.